The van der Waals surface area contributed by atoms with Gasteiger partial charge in [0.25, 0.3) is 0 Å². The van der Waals surface area contributed by atoms with Crippen LogP contribution >= 0.6 is 15.9 Å². The van der Waals surface area contributed by atoms with E-state index in [9.17, 15) is 9.18 Å². The summed E-state index contributed by atoms with van der Waals surface area (Å²) in [5.74, 6) is -0.682. The third-order valence-corrected chi connectivity index (χ3v) is 2.51. The first-order chi connectivity index (χ1) is 7.11. The molecule has 0 amide bonds. The lowest BCUT2D eigenvalue weighted by Gasteiger charge is -2.09. The van der Waals surface area contributed by atoms with Gasteiger partial charge in [-0.05, 0) is 35.1 Å². The van der Waals surface area contributed by atoms with Crippen LogP contribution in [0.3, 0.4) is 0 Å². The van der Waals surface area contributed by atoms with Gasteiger partial charge < -0.3 is 10.1 Å². The molecule has 0 atom stereocenters. The summed E-state index contributed by atoms with van der Waals surface area (Å²) in [5.41, 5.74) is -0.0266. The van der Waals surface area contributed by atoms with Crippen LogP contribution in [0, 0.1) is 5.82 Å². The molecular weight excluding hydrogens is 265 g/mol. The van der Waals surface area contributed by atoms with E-state index < -0.39 is 5.82 Å². The van der Waals surface area contributed by atoms with E-state index in [1.165, 1.54) is 13.2 Å². The van der Waals surface area contributed by atoms with Crippen molar-refractivity contribution < 1.29 is 13.9 Å². The van der Waals surface area contributed by atoms with Crippen LogP contribution in [0.1, 0.15) is 10.4 Å². The number of methoxy groups -OCH3 is 1. The molecule has 0 unspecified atom stereocenters. The maximum absolute atomic E-state index is 13.6. The quantitative estimate of drug-likeness (QED) is 0.855. The number of Topliss-reactive ketones (excluding diaryl/α,β-unsaturated/α-hetero) is 1. The Morgan fingerprint density at radius 3 is 2.80 bits per heavy atom. The van der Waals surface area contributed by atoms with Gasteiger partial charge in [0.15, 0.2) is 11.6 Å². The Kier molecular flexibility index (Phi) is 4.23. The predicted octanol–water partition coefficient (Wildman–Crippen LogP) is 2.00. The molecule has 0 aliphatic rings. The fraction of sp³-hybridized carbons (Fsp3) is 0.300. The second-order valence-electron chi connectivity index (χ2n) is 2.89. The predicted molar refractivity (Wildman–Crippen MR) is 58.9 cm³/mol. The zero-order valence-corrected chi connectivity index (χ0v) is 10.0. The Bertz CT molecular complexity index is 382. The first-order valence-corrected chi connectivity index (χ1v) is 5.11. The van der Waals surface area contributed by atoms with Crippen molar-refractivity contribution in [3.05, 3.63) is 28.0 Å². The van der Waals surface area contributed by atoms with Gasteiger partial charge in [-0.3, -0.25) is 4.79 Å². The minimum atomic E-state index is -0.588. The van der Waals surface area contributed by atoms with Crippen molar-refractivity contribution in [2.75, 3.05) is 20.7 Å². The van der Waals surface area contributed by atoms with Gasteiger partial charge >= 0.3 is 0 Å². The summed E-state index contributed by atoms with van der Waals surface area (Å²) in [4.78, 5) is 11.6. The molecule has 82 valence electrons. The molecule has 0 bridgehead atoms. The molecule has 1 aromatic carbocycles. The number of hydrogen-bond acceptors (Lipinski definition) is 3. The fourth-order valence-electron chi connectivity index (χ4n) is 1.21. The Hall–Kier alpha value is -0.940. The van der Waals surface area contributed by atoms with E-state index in [-0.39, 0.29) is 28.1 Å². The van der Waals surface area contributed by atoms with E-state index in [0.29, 0.717) is 0 Å². The van der Waals surface area contributed by atoms with Crippen molar-refractivity contribution in [1.82, 2.24) is 5.32 Å². The Morgan fingerprint density at radius 2 is 2.27 bits per heavy atom. The lowest BCUT2D eigenvalue weighted by Crippen LogP contribution is -2.20. The molecule has 0 fully saturated rings. The normalized spacial score (nSPS) is 10.1. The molecule has 0 spiro atoms. The third kappa shape index (κ3) is 2.54. The summed E-state index contributed by atoms with van der Waals surface area (Å²) >= 11 is 3.03. The Labute approximate surface area is 95.7 Å². The summed E-state index contributed by atoms with van der Waals surface area (Å²) in [6.07, 6.45) is 0. The lowest BCUT2D eigenvalue weighted by molar-refractivity contribution is 0.0986. The highest BCUT2D eigenvalue weighted by Gasteiger charge is 2.19. The molecule has 0 saturated carbocycles. The molecular formula is C10H11BrFNO2. The topological polar surface area (TPSA) is 38.3 Å². The van der Waals surface area contributed by atoms with Crippen molar-refractivity contribution in [3.63, 3.8) is 0 Å². The first-order valence-electron chi connectivity index (χ1n) is 4.31. The summed E-state index contributed by atoms with van der Waals surface area (Å²) in [5, 5.41) is 2.68. The molecule has 1 N–H and O–H groups in total. The highest BCUT2D eigenvalue weighted by atomic mass is 79.9. The second-order valence-corrected chi connectivity index (χ2v) is 3.75. The van der Waals surface area contributed by atoms with Gasteiger partial charge in [0.2, 0.25) is 0 Å². The van der Waals surface area contributed by atoms with Gasteiger partial charge in [0, 0.05) is 0 Å². The minimum Gasteiger partial charge on any atom is -0.496 e. The molecule has 1 aromatic rings. The van der Waals surface area contributed by atoms with Gasteiger partial charge in [0.1, 0.15) is 5.75 Å². The van der Waals surface area contributed by atoms with E-state index in [0.717, 1.165) is 0 Å². The van der Waals surface area contributed by atoms with Gasteiger partial charge in [-0.25, -0.2) is 4.39 Å². The van der Waals surface area contributed by atoms with Crippen LogP contribution in [0.4, 0.5) is 4.39 Å². The monoisotopic (exact) mass is 275 g/mol. The Balaban J connectivity index is 3.23. The van der Waals surface area contributed by atoms with Gasteiger partial charge in [-0.2, -0.15) is 0 Å². The van der Waals surface area contributed by atoms with Crippen LogP contribution in [-0.4, -0.2) is 26.5 Å². The number of benzene rings is 1. The molecule has 0 radical (unpaired) electrons. The standard InChI is InChI=1S/C10H11BrFNO2/c1-13-5-7(14)9-8(15-2)4-3-6(11)10(9)12/h3-4,13H,5H2,1-2H3. The van der Waals surface area contributed by atoms with Crippen LogP contribution in [-0.2, 0) is 0 Å². The SMILES string of the molecule is CNCC(=O)c1c(OC)ccc(Br)c1F. The van der Waals surface area contributed by atoms with Gasteiger partial charge in [0.05, 0.1) is 23.7 Å². The van der Waals surface area contributed by atoms with Crippen LogP contribution < -0.4 is 10.1 Å². The number of halogens is 2. The molecule has 0 heterocycles. The summed E-state index contributed by atoms with van der Waals surface area (Å²) in [6, 6.07) is 3.06. The highest BCUT2D eigenvalue weighted by molar-refractivity contribution is 9.10. The molecule has 15 heavy (non-hydrogen) atoms. The maximum atomic E-state index is 13.6. The van der Waals surface area contributed by atoms with Gasteiger partial charge in [-0.1, -0.05) is 0 Å². The summed E-state index contributed by atoms with van der Waals surface area (Å²) in [7, 11) is 3.03. The van der Waals surface area contributed by atoms with E-state index in [4.69, 9.17) is 4.74 Å². The van der Waals surface area contributed by atoms with Crippen LogP contribution in [0.2, 0.25) is 0 Å². The number of nitrogens with one attached hydrogen (secondary N) is 1. The Morgan fingerprint density at radius 1 is 1.60 bits per heavy atom. The molecule has 0 saturated heterocycles. The van der Waals surface area contributed by atoms with Crippen molar-refractivity contribution in [1.29, 1.82) is 0 Å². The molecule has 1 rings (SSSR count). The molecule has 0 aliphatic heterocycles. The third-order valence-electron chi connectivity index (χ3n) is 1.89. The first kappa shape index (κ1) is 12.1. The number of ketones is 1. The number of carbonyl (C=O) groups excluding carboxylic acids is 1. The van der Waals surface area contributed by atoms with E-state index in [2.05, 4.69) is 21.2 Å². The van der Waals surface area contributed by atoms with Crippen molar-refractivity contribution in [2.24, 2.45) is 0 Å². The second kappa shape index (κ2) is 5.23. The van der Waals surface area contributed by atoms with Crippen LogP contribution in [0.25, 0.3) is 0 Å². The van der Waals surface area contributed by atoms with Crippen LogP contribution in [0.5, 0.6) is 5.75 Å². The molecule has 5 heteroatoms. The highest BCUT2D eigenvalue weighted by Crippen LogP contribution is 2.27. The zero-order chi connectivity index (χ0) is 11.4. The average Bonchev–Trinajstić information content (AvgIpc) is 2.22. The molecule has 0 aromatic heterocycles. The van der Waals surface area contributed by atoms with Gasteiger partial charge in [-0.15, -0.1) is 0 Å². The van der Waals surface area contributed by atoms with E-state index in [1.807, 2.05) is 0 Å². The average molecular weight is 276 g/mol. The number of carbonyl (C=O) groups is 1. The number of likely N-dealkylation sites (N-methyl/N-ethyl adjacent to an activating group) is 1. The maximum Gasteiger partial charge on any atom is 0.183 e. The smallest absolute Gasteiger partial charge is 0.183 e. The van der Waals surface area contributed by atoms with E-state index in [1.54, 1.807) is 13.1 Å². The minimum absolute atomic E-state index is 0.0266. The summed E-state index contributed by atoms with van der Waals surface area (Å²) < 4.78 is 18.8. The largest absolute Gasteiger partial charge is 0.496 e. The van der Waals surface area contributed by atoms with Crippen molar-refractivity contribution >= 4 is 21.7 Å². The summed E-state index contributed by atoms with van der Waals surface area (Å²) in [6.45, 7) is 0.0731. The van der Waals surface area contributed by atoms with Crippen molar-refractivity contribution in [2.45, 2.75) is 0 Å². The number of rotatable bonds is 4. The number of hydrogen-bond donors (Lipinski definition) is 1. The fourth-order valence-corrected chi connectivity index (χ4v) is 1.54. The molecule has 0 aliphatic carbocycles. The lowest BCUT2D eigenvalue weighted by atomic mass is 10.1. The van der Waals surface area contributed by atoms with Crippen LogP contribution in [0.15, 0.2) is 16.6 Å². The van der Waals surface area contributed by atoms with Crippen molar-refractivity contribution in [3.8, 4) is 5.75 Å². The zero-order valence-electron chi connectivity index (χ0n) is 8.43. The number of ether oxygens (including phenoxy) is 1. The molecule has 3 nitrogen and oxygen atoms in total. The van der Waals surface area contributed by atoms with E-state index >= 15 is 0 Å².